The SMILES string of the molecule is CC1CC=CC(C)(C#N)C1. The minimum Gasteiger partial charge on any atom is -0.197 e. The van der Waals surface area contributed by atoms with Crippen LogP contribution in [0.2, 0.25) is 0 Å². The van der Waals surface area contributed by atoms with Crippen molar-refractivity contribution in [3.63, 3.8) is 0 Å². The van der Waals surface area contributed by atoms with Crippen molar-refractivity contribution in [2.24, 2.45) is 11.3 Å². The molecular weight excluding hydrogens is 122 g/mol. The first kappa shape index (κ1) is 7.34. The second kappa shape index (κ2) is 2.46. The van der Waals surface area contributed by atoms with Gasteiger partial charge in [0, 0.05) is 0 Å². The van der Waals surface area contributed by atoms with Gasteiger partial charge in [0.2, 0.25) is 0 Å². The highest BCUT2D eigenvalue weighted by Crippen LogP contribution is 2.32. The summed E-state index contributed by atoms with van der Waals surface area (Å²) >= 11 is 0. The molecule has 1 rings (SSSR count). The van der Waals surface area contributed by atoms with Crippen molar-refractivity contribution in [3.05, 3.63) is 12.2 Å². The average molecular weight is 135 g/mol. The summed E-state index contributed by atoms with van der Waals surface area (Å²) in [4.78, 5) is 0. The Balaban J connectivity index is 2.73. The first-order valence-corrected chi connectivity index (χ1v) is 3.75. The minimum absolute atomic E-state index is 0.183. The predicted octanol–water partition coefficient (Wildman–Crippen LogP) is 2.50. The lowest BCUT2D eigenvalue weighted by Crippen LogP contribution is -2.17. The molecule has 54 valence electrons. The fraction of sp³-hybridized carbons (Fsp3) is 0.667. The lowest BCUT2D eigenvalue weighted by Gasteiger charge is -2.25. The van der Waals surface area contributed by atoms with Gasteiger partial charge in [-0.2, -0.15) is 5.26 Å². The molecule has 0 aromatic carbocycles. The fourth-order valence-corrected chi connectivity index (χ4v) is 1.52. The molecule has 2 atom stereocenters. The summed E-state index contributed by atoms with van der Waals surface area (Å²) in [6.45, 7) is 4.19. The third kappa shape index (κ3) is 1.39. The van der Waals surface area contributed by atoms with Gasteiger partial charge in [-0.1, -0.05) is 19.1 Å². The Labute approximate surface area is 62.4 Å². The van der Waals surface area contributed by atoms with Crippen LogP contribution >= 0.6 is 0 Å². The molecule has 0 radical (unpaired) electrons. The molecule has 0 amide bonds. The van der Waals surface area contributed by atoms with Gasteiger partial charge in [0.05, 0.1) is 11.5 Å². The van der Waals surface area contributed by atoms with Crippen molar-refractivity contribution in [1.29, 1.82) is 5.26 Å². The van der Waals surface area contributed by atoms with Crippen LogP contribution in [0.25, 0.3) is 0 Å². The van der Waals surface area contributed by atoms with E-state index < -0.39 is 0 Å². The van der Waals surface area contributed by atoms with Gasteiger partial charge in [0.25, 0.3) is 0 Å². The Bertz CT molecular complexity index is 187. The number of hydrogen-bond acceptors (Lipinski definition) is 1. The molecule has 0 aliphatic heterocycles. The van der Waals surface area contributed by atoms with E-state index in [0.29, 0.717) is 5.92 Å². The molecule has 1 aliphatic carbocycles. The number of hydrogen-bond donors (Lipinski definition) is 0. The smallest absolute Gasteiger partial charge is 0.0728 e. The van der Waals surface area contributed by atoms with Crippen LogP contribution in [0.5, 0.6) is 0 Å². The van der Waals surface area contributed by atoms with Crippen LogP contribution in [-0.2, 0) is 0 Å². The van der Waals surface area contributed by atoms with Crippen molar-refractivity contribution < 1.29 is 0 Å². The number of nitrogens with zero attached hydrogens (tertiary/aromatic N) is 1. The quantitative estimate of drug-likeness (QED) is 0.468. The molecule has 0 bridgehead atoms. The topological polar surface area (TPSA) is 23.8 Å². The highest BCUT2D eigenvalue weighted by molar-refractivity contribution is 5.13. The molecule has 0 saturated heterocycles. The highest BCUT2D eigenvalue weighted by atomic mass is 14.4. The lowest BCUT2D eigenvalue weighted by atomic mass is 9.77. The van der Waals surface area contributed by atoms with E-state index in [1.54, 1.807) is 0 Å². The Morgan fingerprint density at radius 2 is 2.40 bits per heavy atom. The van der Waals surface area contributed by atoms with Gasteiger partial charge in [0.15, 0.2) is 0 Å². The van der Waals surface area contributed by atoms with Crippen molar-refractivity contribution >= 4 is 0 Å². The summed E-state index contributed by atoms with van der Waals surface area (Å²) in [5.74, 6) is 0.676. The van der Waals surface area contributed by atoms with Crippen molar-refractivity contribution in [2.75, 3.05) is 0 Å². The summed E-state index contributed by atoms with van der Waals surface area (Å²) in [7, 11) is 0. The Morgan fingerprint density at radius 1 is 1.70 bits per heavy atom. The molecule has 0 aromatic rings. The van der Waals surface area contributed by atoms with Gasteiger partial charge in [-0.15, -0.1) is 0 Å². The predicted molar refractivity (Wildman–Crippen MR) is 41.3 cm³/mol. The molecule has 1 heteroatoms. The van der Waals surface area contributed by atoms with E-state index in [1.165, 1.54) is 0 Å². The normalized spacial score (nSPS) is 39.1. The molecule has 0 spiro atoms. The average Bonchev–Trinajstić information content (AvgIpc) is 1.88. The van der Waals surface area contributed by atoms with Crippen LogP contribution in [-0.4, -0.2) is 0 Å². The molecule has 0 heterocycles. The van der Waals surface area contributed by atoms with E-state index in [9.17, 15) is 0 Å². The van der Waals surface area contributed by atoms with E-state index in [-0.39, 0.29) is 5.41 Å². The molecule has 2 unspecified atom stereocenters. The van der Waals surface area contributed by atoms with Crippen LogP contribution in [0.1, 0.15) is 26.7 Å². The maximum Gasteiger partial charge on any atom is 0.0728 e. The molecular formula is C9H13N. The summed E-state index contributed by atoms with van der Waals surface area (Å²) in [5, 5.41) is 8.77. The van der Waals surface area contributed by atoms with Crippen LogP contribution in [0.4, 0.5) is 0 Å². The zero-order valence-corrected chi connectivity index (χ0v) is 6.59. The van der Waals surface area contributed by atoms with Gasteiger partial charge in [-0.3, -0.25) is 0 Å². The standard InChI is InChI=1S/C9H13N/c1-8-4-3-5-9(2,6-8)7-10/h3,5,8H,4,6H2,1-2H3. The summed E-state index contributed by atoms with van der Waals surface area (Å²) in [5.41, 5.74) is -0.183. The zero-order chi connectivity index (χ0) is 7.61. The van der Waals surface area contributed by atoms with E-state index >= 15 is 0 Å². The third-order valence-corrected chi connectivity index (χ3v) is 2.05. The van der Waals surface area contributed by atoms with E-state index in [2.05, 4.69) is 19.1 Å². The number of rotatable bonds is 0. The van der Waals surface area contributed by atoms with Gasteiger partial charge >= 0.3 is 0 Å². The maximum atomic E-state index is 8.77. The molecule has 0 N–H and O–H groups in total. The largest absolute Gasteiger partial charge is 0.197 e. The second-order valence-electron chi connectivity index (χ2n) is 3.48. The first-order valence-electron chi connectivity index (χ1n) is 3.75. The summed E-state index contributed by atoms with van der Waals surface area (Å²) < 4.78 is 0. The summed E-state index contributed by atoms with van der Waals surface area (Å²) in [6, 6.07) is 2.32. The van der Waals surface area contributed by atoms with Crippen molar-refractivity contribution in [3.8, 4) is 6.07 Å². The second-order valence-corrected chi connectivity index (χ2v) is 3.48. The Hall–Kier alpha value is -0.770. The van der Waals surface area contributed by atoms with Gasteiger partial charge < -0.3 is 0 Å². The minimum atomic E-state index is -0.183. The first-order chi connectivity index (χ1) is 4.66. The molecule has 0 aromatic heterocycles. The lowest BCUT2D eigenvalue weighted by molar-refractivity contribution is 0.378. The van der Waals surface area contributed by atoms with E-state index in [0.717, 1.165) is 12.8 Å². The van der Waals surface area contributed by atoms with E-state index in [1.807, 2.05) is 13.0 Å². The Morgan fingerprint density at radius 3 is 2.80 bits per heavy atom. The van der Waals surface area contributed by atoms with E-state index in [4.69, 9.17) is 5.26 Å². The monoisotopic (exact) mass is 135 g/mol. The van der Waals surface area contributed by atoms with Gasteiger partial charge in [-0.05, 0) is 25.7 Å². The fourth-order valence-electron chi connectivity index (χ4n) is 1.52. The van der Waals surface area contributed by atoms with Gasteiger partial charge in [0.1, 0.15) is 0 Å². The molecule has 0 saturated carbocycles. The molecule has 10 heavy (non-hydrogen) atoms. The van der Waals surface area contributed by atoms with Crippen molar-refractivity contribution in [1.82, 2.24) is 0 Å². The molecule has 1 nitrogen and oxygen atoms in total. The highest BCUT2D eigenvalue weighted by Gasteiger charge is 2.25. The molecule has 1 aliphatic rings. The van der Waals surface area contributed by atoms with Crippen molar-refractivity contribution in [2.45, 2.75) is 26.7 Å². The van der Waals surface area contributed by atoms with Crippen LogP contribution in [0.3, 0.4) is 0 Å². The van der Waals surface area contributed by atoms with Gasteiger partial charge in [-0.25, -0.2) is 0 Å². The number of nitriles is 1. The summed E-state index contributed by atoms with van der Waals surface area (Å²) in [6.07, 6.45) is 6.31. The van der Waals surface area contributed by atoms with Crippen LogP contribution in [0.15, 0.2) is 12.2 Å². The van der Waals surface area contributed by atoms with Crippen LogP contribution < -0.4 is 0 Å². The Kier molecular flexibility index (Phi) is 1.80. The van der Waals surface area contributed by atoms with Crippen LogP contribution in [0, 0.1) is 22.7 Å². The molecule has 0 fully saturated rings. The maximum absolute atomic E-state index is 8.77. The zero-order valence-electron chi connectivity index (χ0n) is 6.59. The third-order valence-electron chi connectivity index (χ3n) is 2.05. The number of allylic oxidation sites excluding steroid dienone is 2.